The van der Waals surface area contributed by atoms with Crippen molar-refractivity contribution in [3.8, 4) is 0 Å². The summed E-state index contributed by atoms with van der Waals surface area (Å²) in [5.41, 5.74) is 1.57. The fourth-order valence-corrected chi connectivity index (χ4v) is 1.88. The molecule has 1 aromatic heterocycles. The van der Waals surface area contributed by atoms with Crippen molar-refractivity contribution in [2.24, 2.45) is 0 Å². The van der Waals surface area contributed by atoms with E-state index in [1.807, 2.05) is 30.3 Å². The summed E-state index contributed by atoms with van der Waals surface area (Å²) in [5, 5.41) is 12.1. The average molecular weight is 272 g/mol. The maximum Gasteiger partial charge on any atom is 0.268 e. The van der Waals surface area contributed by atoms with Crippen molar-refractivity contribution < 1.29 is 14.7 Å². The highest BCUT2D eigenvalue weighted by atomic mass is 16.3. The first-order chi connectivity index (χ1) is 9.61. The number of hydrogen-bond donors (Lipinski definition) is 3. The molecule has 0 saturated carbocycles. The minimum Gasteiger partial charge on any atom is -0.394 e. The lowest BCUT2D eigenvalue weighted by atomic mass is 10.1. The molecule has 0 spiro atoms. The van der Waals surface area contributed by atoms with Gasteiger partial charge in [-0.05, 0) is 18.6 Å². The van der Waals surface area contributed by atoms with Gasteiger partial charge in [-0.3, -0.25) is 9.59 Å². The number of aliphatic hydroxyl groups is 1. The molecule has 104 valence electrons. The van der Waals surface area contributed by atoms with Crippen LogP contribution in [0, 0.1) is 0 Å². The van der Waals surface area contributed by atoms with Crippen molar-refractivity contribution in [2.45, 2.75) is 13.0 Å². The second kappa shape index (κ2) is 6.16. The molecule has 0 bridgehead atoms. The Morgan fingerprint density at radius 2 is 2.00 bits per heavy atom. The van der Waals surface area contributed by atoms with Gasteiger partial charge in [-0.1, -0.05) is 30.3 Å². The Morgan fingerprint density at radius 1 is 1.30 bits per heavy atom. The predicted octanol–water partition coefficient (Wildman–Crippen LogP) is 1.68. The van der Waals surface area contributed by atoms with E-state index in [1.54, 1.807) is 0 Å². The molecule has 0 aliphatic heterocycles. The molecule has 20 heavy (non-hydrogen) atoms. The molecule has 0 saturated heterocycles. The van der Waals surface area contributed by atoms with Crippen molar-refractivity contribution in [3.05, 3.63) is 59.4 Å². The van der Waals surface area contributed by atoms with E-state index in [1.165, 1.54) is 19.2 Å². The van der Waals surface area contributed by atoms with Crippen LogP contribution in [0.3, 0.4) is 0 Å². The molecule has 0 radical (unpaired) electrons. The highest BCUT2D eigenvalue weighted by Gasteiger charge is 2.16. The van der Waals surface area contributed by atoms with E-state index in [2.05, 4.69) is 10.3 Å². The molecule has 3 N–H and O–H groups in total. The van der Waals surface area contributed by atoms with E-state index >= 15 is 0 Å². The van der Waals surface area contributed by atoms with Gasteiger partial charge in [0.25, 0.3) is 5.91 Å². The zero-order chi connectivity index (χ0) is 14.5. The molecule has 2 aromatic rings. The first kappa shape index (κ1) is 14.0. The van der Waals surface area contributed by atoms with Crippen molar-refractivity contribution in [1.82, 2.24) is 10.3 Å². The zero-order valence-corrected chi connectivity index (χ0v) is 11.1. The van der Waals surface area contributed by atoms with Crippen LogP contribution in [0.2, 0.25) is 0 Å². The van der Waals surface area contributed by atoms with Crippen LogP contribution >= 0.6 is 0 Å². The number of carbonyl (C=O) groups excluding carboxylic acids is 2. The van der Waals surface area contributed by atoms with Crippen LogP contribution in [0.5, 0.6) is 0 Å². The standard InChI is InChI=1S/C15H16N2O3/c1-10(19)12-7-13(16-8-12)15(20)17-14(9-18)11-5-3-2-4-6-11/h2-8,14,16,18H,9H2,1H3,(H,17,20)/t14-/m0/s1. The fourth-order valence-electron chi connectivity index (χ4n) is 1.88. The number of rotatable bonds is 5. The Hall–Kier alpha value is -2.40. The summed E-state index contributed by atoms with van der Waals surface area (Å²) in [6.07, 6.45) is 1.49. The molecular formula is C15H16N2O3. The number of hydrogen-bond acceptors (Lipinski definition) is 3. The number of H-pyrrole nitrogens is 1. The van der Waals surface area contributed by atoms with E-state index in [-0.39, 0.29) is 18.3 Å². The summed E-state index contributed by atoms with van der Waals surface area (Å²) in [5.74, 6) is -0.470. The van der Waals surface area contributed by atoms with Gasteiger partial charge >= 0.3 is 0 Å². The number of aromatic amines is 1. The number of carbonyl (C=O) groups is 2. The average Bonchev–Trinajstić information content (AvgIpc) is 2.95. The normalized spacial score (nSPS) is 11.9. The highest BCUT2D eigenvalue weighted by molar-refractivity contribution is 5.99. The molecule has 2 rings (SSSR count). The van der Waals surface area contributed by atoms with Crippen molar-refractivity contribution in [2.75, 3.05) is 6.61 Å². The van der Waals surface area contributed by atoms with Crippen molar-refractivity contribution in [1.29, 1.82) is 0 Å². The van der Waals surface area contributed by atoms with E-state index in [9.17, 15) is 14.7 Å². The molecule has 1 heterocycles. The van der Waals surface area contributed by atoms with Crippen LogP contribution < -0.4 is 5.32 Å². The maximum absolute atomic E-state index is 12.1. The second-order valence-electron chi connectivity index (χ2n) is 4.48. The van der Waals surface area contributed by atoms with Crippen LogP contribution in [0.25, 0.3) is 0 Å². The molecular weight excluding hydrogens is 256 g/mol. The van der Waals surface area contributed by atoms with Crippen molar-refractivity contribution >= 4 is 11.7 Å². The number of ketones is 1. The Bertz CT molecular complexity index is 605. The topological polar surface area (TPSA) is 82.2 Å². The quantitative estimate of drug-likeness (QED) is 0.724. The number of benzene rings is 1. The Morgan fingerprint density at radius 3 is 2.55 bits per heavy atom. The Balaban J connectivity index is 2.11. The van der Waals surface area contributed by atoms with Gasteiger partial charge in [0, 0.05) is 11.8 Å². The summed E-state index contributed by atoms with van der Waals surface area (Å²) in [4.78, 5) is 26.0. The number of aliphatic hydroxyl groups excluding tert-OH is 1. The third-order valence-electron chi connectivity index (χ3n) is 3.02. The molecule has 1 aromatic carbocycles. The van der Waals surface area contributed by atoms with Crippen molar-refractivity contribution in [3.63, 3.8) is 0 Å². The third-order valence-corrected chi connectivity index (χ3v) is 3.02. The number of nitrogens with one attached hydrogen (secondary N) is 2. The lowest BCUT2D eigenvalue weighted by Gasteiger charge is -2.16. The van der Waals surface area contributed by atoms with Gasteiger partial charge in [0.15, 0.2) is 5.78 Å². The summed E-state index contributed by atoms with van der Waals surface area (Å²) in [6.45, 7) is 1.24. The van der Waals surface area contributed by atoms with Crippen LogP contribution in [0.15, 0.2) is 42.6 Å². The summed E-state index contributed by atoms with van der Waals surface area (Å²) >= 11 is 0. The second-order valence-corrected chi connectivity index (χ2v) is 4.48. The summed E-state index contributed by atoms with van der Waals surface area (Å²) < 4.78 is 0. The predicted molar refractivity (Wildman–Crippen MR) is 74.5 cm³/mol. The van der Waals surface area contributed by atoms with Gasteiger partial charge in [0.2, 0.25) is 0 Å². The molecule has 0 unspecified atom stereocenters. The smallest absolute Gasteiger partial charge is 0.268 e. The van der Waals surface area contributed by atoms with E-state index in [0.717, 1.165) is 5.56 Å². The maximum atomic E-state index is 12.1. The minimum absolute atomic E-state index is 0.109. The van der Waals surface area contributed by atoms with Gasteiger partial charge in [0.05, 0.1) is 12.6 Å². The highest BCUT2D eigenvalue weighted by Crippen LogP contribution is 2.13. The molecule has 0 fully saturated rings. The number of Topliss-reactive ketones (excluding diaryl/α,β-unsaturated/α-hetero) is 1. The first-order valence-electron chi connectivity index (χ1n) is 6.28. The molecule has 5 nitrogen and oxygen atoms in total. The van der Waals surface area contributed by atoms with E-state index in [0.29, 0.717) is 11.3 Å². The van der Waals surface area contributed by atoms with Gasteiger partial charge in [0.1, 0.15) is 5.69 Å². The summed E-state index contributed by atoms with van der Waals surface area (Å²) in [6, 6.07) is 10.2. The van der Waals surface area contributed by atoms with Gasteiger partial charge in [-0.2, -0.15) is 0 Å². The SMILES string of the molecule is CC(=O)c1c[nH]c(C(=O)N[C@@H](CO)c2ccccc2)c1. The first-order valence-corrected chi connectivity index (χ1v) is 6.28. The van der Waals surface area contributed by atoms with Crippen LogP contribution in [0.1, 0.15) is 39.4 Å². The molecule has 1 amide bonds. The van der Waals surface area contributed by atoms with Gasteiger partial charge in [-0.15, -0.1) is 0 Å². The van der Waals surface area contributed by atoms with Crippen LogP contribution in [-0.4, -0.2) is 28.4 Å². The van der Waals surface area contributed by atoms with Crippen LogP contribution in [-0.2, 0) is 0 Å². The zero-order valence-electron chi connectivity index (χ0n) is 11.1. The lowest BCUT2D eigenvalue weighted by Crippen LogP contribution is -2.30. The van der Waals surface area contributed by atoms with E-state index < -0.39 is 6.04 Å². The molecule has 0 aliphatic carbocycles. The minimum atomic E-state index is -0.479. The summed E-state index contributed by atoms with van der Waals surface area (Å²) in [7, 11) is 0. The molecule has 5 heteroatoms. The Kier molecular flexibility index (Phi) is 4.32. The van der Waals surface area contributed by atoms with E-state index in [4.69, 9.17) is 0 Å². The fraction of sp³-hybridized carbons (Fsp3) is 0.200. The number of amides is 1. The van der Waals surface area contributed by atoms with Gasteiger partial charge < -0.3 is 15.4 Å². The lowest BCUT2D eigenvalue weighted by molar-refractivity contribution is 0.0911. The Labute approximate surface area is 116 Å². The number of aromatic nitrogens is 1. The largest absolute Gasteiger partial charge is 0.394 e. The third kappa shape index (κ3) is 3.13. The van der Waals surface area contributed by atoms with Gasteiger partial charge in [-0.25, -0.2) is 0 Å². The molecule has 1 atom stereocenters. The monoisotopic (exact) mass is 272 g/mol. The molecule has 0 aliphatic rings. The van der Waals surface area contributed by atoms with Crippen LogP contribution in [0.4, 0.5) is 0 Å².